The van der Waals surface area contributed by atoms with E-state index < -0.39 is 5.97 Å². The van der Waals surface area contributed by atoms with Crippen molar-refractivity contribution in [2.45, 2.75) is 18.8 Å². The first-order valence-corrected chi connectivity index (χ1v) is 7.71. The van der Waals surface area contributed by atoms with Gasteiger partial charge in [0.25, 0.3) is 0 Å². The van der Waals surface area contributed by atoms with Crippen molar-refractivity contribution in [2.24, 2.45) is 5.92 Å². The van der Waals surface area contributed by atoms with Crippen LogP contribution in [0.1, 0.15) is 23.5 Å². The fourth-order valence-electron chi connectivity index (χ4n) is 2.51. The van der Waals surface area contributed by atoms with Crippen LogP contribution in [0.25, 0.3) is 0 Å². The molecule has 1 heterocycles. The molecule has 0 bridgehead atoms. The van der Waals surface area contributed by atoms with Crippen LogP contribution >= 0.6 is 11.3 Å². The average Bonchev–Trinajstić information content (AvgIpc) is 3.05. The fraction of sp³-hybridized carbons (Fsp3) is 0.250. The molecule has 108 valence electrons. The number of rotatable bonds is 5. The smallest absolute Gasteiger partial charge is 0.307 e. The van der Waals surface area contributed by atoms with Crippen molar-refractivity contribution in [1.82, 2.24) is 0 Å². The third kappa shape index (κ3) is 3.31. The summed E-state index contributed by atoms with van der Waals surface area (Å²) in [6, 6.07) is 9.07. The Bertz CT molecular complexity index is 666. The number of aliphatic carboxylic acids is 1. The Morgan fingerprint density at radius 1 is 1.33 bits per heavy atom. The molecule has 2 atom stereocenters. The first kappa shape index (κ1) is 13.8. The highest BCUT2D eigenvalue weighted by Gasteiger charge is 2.44. The van der Waals surface area contributed by atoms with Crippen LogP contribution in [0.3, 0.4) is 0 Å². The fourth-order valence-corrected chi connectivity index (χ4v) is 3.23. The van der Waals surface area contributed by atoms with E-state index in [2.05, 4.69) is 16.8 Å². The van der Waals surface area contributed by atoms with E-state index in [0.29, 0.717) is 17.2 Å². The molecule has 0 unspecified atom stereocenters. The highest BCUT2D eigenvalue weighted by Crippen LogP contribution is 2.48. The van der Waals surface area contributed by atoms with Gasteiger partial charge in [0, 0.05) is 11.6 Å². The van der Waals surface area contributed by atoms with Crippen molar-refractivity contribution in [3.05, 3.63) is 52.2 Å². The molecule has 2 aromatic rings. The van der Waals surface area contributed by atoms with Crippen LogP contribution in [0.15, 0.2) is 41.1 Å². The Morgan fingerprint density at radius 3 is 2.90 bits per heavy atom. The minimum atomic E-state index is -0.877. The van der Waals surface area contributed by atoms with Crippen molar-refractivity contribution in [1.29, 1.82) is 0 Å². The number of amides is 1. The lowest BCUT2D eigenvalue weighted by Crippen LogP contribution is -2.14. The van der Waals surface area contributed by atoms with Crippen LogP contribution in [-0.2, 0) is 16.0 Å². The number of carboxylic acids is 1. The maximum absolute atomic E-state index is 12.2. The summed E-state index contributed by atoms with van der Waals surface area (Å²) in [5.74, 6) is -0.502. The molecular formula is C16H15NO3S. The van der Waals surface area contributed by atoms with Gasteiger partial charge in [-0.3, -0.25) is 9.59 Å². The molecule has 21 heavy (non-hydrogen) atoms. The van der Waals surface area contributed by atoms with Crippen LogP contribution < -0.4 is 5.32 Å². The normalized spacial score (nSPS) is 20.0. The highest BCUT2D eigenvalue weighted by atomic mass is 32.1. The van der Waals surface area contributed by atoms with Gasteiger partial charge in [0.15, 0.2) is 0 Å². The molecule has 5 heteroatoms. The third-order valence-corrected chi connectivity index (χ3v) is 4.35. The number of carbonyl (C=O) groups excluding carboxylic acids is 1. The number of nitrogens with one attached hydrogen (secondary N) is 1. The molecule has 1 fully saturated rings. The van der Waals surface area contributed by atoms with Gasteiger partial charge in [0.1, 0.15) is 0 Å². The zero-order valence-corrected chi connectivity index (χ0v) is 12.1. The van der Waals surface area contributed by atoms with E-state index in [-0.39, 0.29) is 18.2 Å². The van der Waals surface area contributed by atoms with E-state index >= 15 is 0 Å². The van der Waals surface area contributed by atoms with Gasteiger partial charge in [0.05, 0.1) is 6.42 Å². The molecule has 3 rings (SSSR count). The maximum Gasteiger partial charge on any atom is 0.307 e. The van der Waals surface area contributed by atoms with Crippen LogP contribution in [0.2, 0.25) is 0 Å². The first-order chi connectivity index (χ1) is 10.1. The van der Waals surface area contributed by atoms with Gasteiger partial charge in [-0.1, -0.05) is 12.1 Å². The number of thiophene rings is 1. The van der Waals surface area contributed by atoms with E-state index in [0.717, 1.165) is 6.42 Å². The molecule has 0 saturated heterocycles. The minimum absolute atomic E-state index is 0.0127. The monoisotopic (exact) mass is 301 g/mol. The van der Waals surface area contributed by atoms with Crippen LogP contribution in [0.4, 0.5) is 5.69 Å². The topological polar surface area (TPSA) is 66.4 Å². The van der Waals surface area contributed by atoms with Crippen LogP contribution in [0.5, 0.6) is 0 Å². The van der Waals surface area contributed by atoms with E-state index in [9.17, 15) is 9.59 Å². The zero-order chi connectivity index (χ0) is 14.8. The number of carbonyl (C=O) groups is 2. The molecule has 0 radical (unpaired) electrons. The standard InChI is InChI=1S/C16H15NO3S/c18-15(19)7-10-2-1-3-12(6-10)17-16(20)14-8-13(14)11-4-5-21-9-11/h1-6,9,13-14H,7-8H2,(H,17,20)(H,18,19)/t13-,14+/m0/s1. The van der Waals surface area contributed by atoms with Crippen LogP contribution in [0, 0.1) is 5.92 Å². The van der Waals surface area contributed by atoms with Gasteiger partial charge in [-0.2, -0.15) is 11.3 Å². The summed E-state index contributed by atoms with van der Waals surface area (Å²) in [6.45, 7) is 0. The SMILES string of the molecule is O=C(O)Cc1cccc(NC(=O)[C@@H]2C[C@H]2c2ccsc2)c1. The molecule has 1 aliphatic carbocycles. The maximum atomic E-state index is 12.2. The number of hydrogen-bond acceptors (Lipinski definition) is 3. The zero-order valence-electron chi connectivity index (χ0n) is 11.3. The molecule has 1 saturated carbocycles. The quantitative estimate of drug-likeness (QED) is 0.891. The first-order valence-electron chi connectivity index (χ1n) is 6.77. The molecule has 0 aliphatic heterocycles. The van der Waals surface area contributed by atoms with Crippen molar-refractivity contribution in [2.75, 3.05) is 5.32 Å². The number of benzene rings is 1. The molecule has 1 aliphatic rings. The Kier molecular flexibility index (Phi) is 3.75. The molecular weight excluding hydrogens is 286 g/mol. The van der Waals surface area contributed by atoms with Crippen molar-refractivity contribution >= 4 is 28.9 Å². The van der Waals surface area contributed by atoms with E-state index in [1.54, 1.807) is 35.6 Å². The lowest BCUT2D eigenvalue weighted by molar-refractivity contribution is -0.136. The molecule has 1 aromatic heterocycles. The summed E-state index contributed by atoms with van der Waals surface area (Å²) in [7, 11) is 0. The Labute approximate surface area is 126 Å². The van der Waals surface area contributed by atoms with Gasteiger partial charge >= 0.3 is 5.97 Å². The number of anilines is 1. The largest absolute Gasteiger partial charge is 0.481 e. The Balaban J connectivity index is 1.62. The Morgan fingerprint density at radius 2 is 2.19 bits per heavy atom. The summed E-state index contributed by atoms with van der Waals surface area (Å²) in [6.07, 6.45) is 0.849. The summed E-state index contributed by atoms with van der Waals surface area (Å²) < 4.78 is 0. The Hall–Kier alpha value is -2.14. The number of carboxylic acid groups (broad SMARTS) is 1. The second kappa shape index (κ2) is 5.69. The van der Waals surface area contributed by atoms with Crippen molar-refractivity contribution in [3.63, 3.8) is 0 Å². The molecule has 1 amide bonds. The van der Waals surface area contributed by atoms with E-state index in [1.807, 2.05) is 5.38 Å². The summed E-state index contributed by atoms with van der Waals surface area (Å²) in [5.41, 5.74) is 2.58. The predicted molar refractivity (Wildman–Crippen MR) is 81.6 cm³/mol. The van der Waals surface area contributed by atoms with Gasteiger partial charge in [0.2, 0.25) is 5.91 Å². The van der Waals surface area contributed by atoms with Gasteiger partial charge in [-0.05, 0) is 52.4 Å². The van der Waals surface area contributed by atoms with Gasteiger partial charge < -0.3 is 10.4 Å². The second-order valence-electron chi connectivity index (χ2n) is 5.27. The number of hydrogen-bond donors (Lipinski definition) is 2. The molecule has 0 spiro atoms. The molecule has 2 N–H and O–H groups in total. The van der Waals surface area contributed by atoms with Crippen LogP contribution in [-0.4, -0.2) is 17.0 Å². The molecule has 4 nitrogen and oxygen atoms in total. The second-order valence-corrected chi connectivity index (χ2v) is 6.05. The van der Waals surface area contributed by atoms with Gasteiger partial charge in [-0.25, -0.2) is 0 Å². The van der Waals surface area contributed by atoms with Gasteiger partial charge in [-0.15, -0.1) is 0 Å². The lowest BCUT2D eigenvalue weighted by Gasteiger charge is -2.06. The summed E-state index contributed by atoms with van der Waals surface area (Å²) >= 11 is 1.65. The molecule has 1 aromatic carbocycles. The minimum Gasteiger partial charge on any atom is -0.481 e. The van der Waals surface area contributed by atoms with Crippen molar-refractivity contribution < 1.29 is 14.7 Å². The summed E-state index contributed by atoms with van der Waals surface area (Å²) in [5, 5.41) is 15.8. The van der Waals surface area contributed by atoms with Crippen molar-refractivity contribution in [3.8, 4) is 0 Å². The highest BCUT2D eigenvalue weighted by molar-refractivity contribution is 7.08. The average molecular weight is 301 g/mol. The lowest BCUT2D eigenvalue weighted by atomic mass is 10.1. The van der Waals surface area contributed by atoms with E-state index in [4.69, 9.17) is 5.11 Å². The summed E-state index contributed by atoms with van der Waals surface area (Å²) in [4.78, 5) is 22.9. The van der Waals surface area contributed by atoms with E-state index in [1.165, 1.54) is 5.56 Å². The predicted octanol–water partition coefficient (Wildman–Crippen LogP) is 3.12. The third-order valence-electron chi connectivity index (χ3n) is 3.65.